The summed E-state index contributed by atoms with van der Waals surface area (Å²) in [5, 5.41) is 0. The zero-order valence-electron chi connectivity index (χ0n) is 16.0. The molecule has 3 rings (SSSR count). The summed E-state index contributed by atoms with van der Waals surface area (Å²) in [5.74, 6) is 3.90. The lowest BCUT2D eigenvalue weighted by Gasteiger charge is -2.33. The highest BCUT2D eigenvalue weighted by atomic mass is 16.4. The highest BCUT2D eigenvalue weighted by molar-refractivity contribution is 5.78. The lowest BCUT2D eigenvalue weighted by Crippen LogP contribution is -2.44. The Morgan fingerprint density at radius 3 is 2.64 bits per heavy atom. The molecular formula is C19H33N5O. The van der Waals surface area contributed by atoms with Crippen molar-refractivity contribution in [3.8, 4) is 0 Å². The van der Waals surface area contributed by atoms with E-state index >= 15 is 0 Å². The van der Waals surface area contributed by atoms with Gasteiger partial charge in [0.2, 0.25) is 5.89 Å². The number of rotatable bonds is 4. The molecule has 0 saturated carbocycles. The summed E-state index contributed by atoms with van der Waals surface area (Å²) in [6, 6.07) is 0. The highest BCUT2D eigenvalue weighted by Gasteiger charge is 2.22. The van der Waals surface area contributed by atoms with Gasteiger partial charge in [-0.15, -0.1) is 0 Å². The third-order valence-electron chi connectivity index (χ3n) is 5.63. The summed E-state index contributed by atoms with van der Waals surface area (Å²) in [4.78, 5) is 13.9. The lowest BCUT2D eigenvalue weighted by atomic mass is 9.97. The monoisotopic (exact) mass is 347 g/mol. The topological polar surface area (TPSA) is 70.9 Å². The van der Waals surface area contributed by atoms with Crippen molar-refractivity contribution in [2.45, 2.75) is 53.0 Å². The van der Waals surface area contributed by atoms with Crippen LogP contribution >= 0.6 is 0 Å². The molecule has 1 aromatic heterocycles. The molecule has 0 spiro atoms. The van der Waals surface area contributed by atoms with Gasteiger partial charge in [0.1, 0.15) is 5.76 Å². The van der Waals surface area contributed by atoms with Crippen LogP contribution in [0.15, 0.2) is 9.41 Å². The fourth-order valence-corrected chi connectivity index (χ4v) is 3.85. The van der Waals surface area contributed by atoms with Crippen LogP contribution in [0.1, 0.15) is 50.0 Å². The summed E-state index contributed by atoms with van der Waals surface area (Å²) in [6.07, 6.45) is 4.89. The largest absolute Gasteiger partial charge is 0.444 e. The number of oxazole rings is 1. The second kappa shape index (κ2) is 8.21. The first-order chi connectivity index (χ1) is 12.0. The Kier molecular flexibility index (Phi) is 5.99. The van der Waals surface area contributed by atoms with E-state index < -0.39 is 0 Å². The zero-order chi connectivity index (χ0) is 17.8. The van der Waals surface area contributed by atoms with E-state index in [0.29, 0.717) is 5.92 Å². The molecule has 2 aliphatic heterocycles. The quantitative estimate of drug-likeness (QED) is 0.669. The van der Waals surface area contributed by atoms with Gasteiger partial charge in [0.15, 0.2) is 5.96 Å². The van der Waals surface area contributed by atoms with Crippen molar-refractivity contribution in [1.82, 2.24) is 14.8 Å². The van der Waals surface area contributed by atoms with Crippen molar-refractivity contribution in [2.75, 3.05) is 32.7 Å². The van der Waals surface area contributed by atoms with Crippen LogP contribution in [0.5, 0.6) is 0 Å². The minimum atomic E-state index is 0.644. The maximum Gasteiger partial charge on any atom is 0.208 e. The lowest BCUT2D eigenvalue weighted by molar-refractivity contribution is 0.166. The smallest absolute Gasteiger partial charge is 0.208 e. The number of guanidine groups is 1. The SMILES string of the molecule is Cc1nc(CN2CCC(CN=C(N)N3CCCC(C)C3)CC2)oc1C. The summed E-state index contributed by atoms with van der Waals surface area (Å²) < 4.78 is 5.70. The van der Waals surface area contributed by atoms with Crippen molar-refractivity contribution in [3.63, 3.8) is 0 Å². The molecule has 0 amide bonds. The van der Waals surface area contributed by atoms with Crippen molar-refractivity contribution in [1.29, 1.82) is 0 Å². The molecule has 6 heteroatoms. The van der Waals surface area contributed by atoms with Crippen molar-refractivity contribution < 1.29 is 4.42 Å². The van der Waals surface area contributed by atoms with E-state index in [9.17, 15) is 0 Å². The van der Waals surface area contributed by atoms with Gasteiger partial charge in [0.25, 0.3) is 0 Å². The van der Waals surface area contributed by atoms with E-state index in [1.54, 1.807) is 0 Å². The van der Waals surface area contributed by atoms with Gasteiger partial charge in [-0.2, -0.15) is 0 Å². The van der Waals surface area contributed by atoms with Crippen LogP contribution in [0, 0.1) is 25.7 Å². The number of hydrogen-bond acceptors (Lipinski definition) is 4. The van der Waals surface area contributed by atoms with Gasteiger partial charge in [0, 0.05) is 19.6 Å². The Bertz CT molecular complexity index is 569. The fraction of sp³-hybridized carbons (Fsp3) is 0.789. The Labute approximate surface area is 151 Å². The molecular weight excluding hydrogens is 314 g/mol. The number of aryl methyl sites for hydroxylation is 2. The first-order valence-electron chi connectivity index (χ1n) is 9.71. The summed E-state index contributed by atoms with van der Waals surface area (Å²) in [6.45, 7) is 12.2. The molecule has 140 valence electrons. The van der Waals surface area contributed by atoms with Gasteiger partial charge < -0.3 is 15.1 Å². The first-order valence-corrected chi connectivity index (χ1v) is 9.71. The molecule has 2 aliphatic rings. The molecule has 2 fully saturated rings. The second-order valence-corrected chi connectivity index (χ2v) is 7.86. The fourth-order valence-electron chi connectivity index (χ4n) is 3.85. The molecule has 0 bridgehead atoms. The van der Waals surface area contributed by atoms with Gasteiger partial charge >= 0.3 is 0 Å². The van der Waals surface area contributed by atoms with Crippen LogP contribution in [0.4, 0.5) is 0 Å². The molecule has 1 atom stereocenters. The van der Waals surface area contributed by atoms with Crippen LogP contribution < -0.4 is 5.73 Å². The van der Waals surface area contributed by atoms with Gasteiger partial charge in [-0.25, -0.2) is 4.98 Å². The number of aromatic nitrogens is 1. The molecule has 2 saturated heterocycles. The number of aliphatic imine (C=N–C) groups is 1. The Morgan fingerprint density at radius 1 is 1.24 bits per heavy atom. The van der Waals surface area contributed by atoms with Crippen LogP contribution in [-0.2, 0) is 6.54 Å². The van der Waals surface area contributed by atoms with Gasteiger partial charge in [-0.1, -0.05) is 6.92 Å². The Hall–Kier alpha value is -1.56. The van der Waals surface area contributed by atoms with Crippen molar-refractivity contribution in [3.05, 3.63) is 17.3 Å². The third-order valence-corrected chi connectivity index (χ3v) is 5.63. The van der Waals surface area contributed by atoms with E-state index in [0.717, 1.165) is 68.5 Å². The summed E-state index contributed by atoms with van der Waals surface area (Å²) in [5.41, 5.74) is 7.22. The minimum absolute atomic E-state index is 0.644. The van der Waals surface area contributed by atoms with Crippen molar-refractivity contribution in [2.24, 2.45) is 22.6 Å². The highest BCUT2D eigenvalue weighted by Crippen LogP contribution is 2.20. The number of hydrogen-bond donors (Lipinski definition) is 1. The van der Waals surface area contributed by atoms with E-state index in [1.807, 2.05) is 13.8 Å². The maximum absolute atomic E-state index is 6.22. The molecule has 3 heterocycles. The van der Waals surface area contributed by atoms with Crippen LogP contribution in [0.25, 0.3) is 0 Å². The third kappa shape index (κ3) is 4.97. The first kappa shape index (κ1) is 18.2. The molecule has 0 aromatic carbocycles. The molecule has 6 nitrogen and oxygen atoms in total. The van der Waals surface area contributed by atoms with Gasteiger partial charge in [0.05, 0.1) is 12.2 Å². The Morgan fingerprint density at radius 2 is 2.00 bits per heavy atom. The molecule has 1 unspecified atom stereocenters. The molecule has 1 aromatic rings. The molecule has 2 N–H and O–H groups in total. The number of likely N-dealkylation sites (tertiary alicyclic amines) is 2. The van der Waals surface area contributed by atoms with Crippen LogP contribution in [0.3, 0.4) is 0 Å². The van der Waals surface area contributed by atoms with Gasteiger partial charge in [-0.3, -0.25) is 9.89 Å². The standard InChI is InChI=1S/C19H33N5O/c1-14-5-4-8-24(12-14)19(20)21-11-17-6-9-23(10-7-17)13-18-22-15(2)16(3)25-18/h14,17H,4-13H2,1-3H3,(H2,20,21). The minimum Gasteiger partial charge on any atom is -0.444 e. The molecule has 0 radical (unpaired) electrons. The van der Waals surface area contributed by atoms with Crippen molar-refractivity contribution >= 4 is 5.96 Å². The van der Waals surface area contributed by atoms with E-state index in [4.69, 9.17) is 15.1 Å². The average Bonchev–Trinajstić information content (AvgIpc) is 2.91. The molecule has 25 heavy (non-hydrogen) atoms. The molecule has 0 aliphatic carbocycles. The maximum atomic E-state index is 6.22. The predicted molar refractivity (Wildman–Crippen MR) is 100 cm³/mol. The van der Waals surface area contributed by atoms with Crippen LogP contribution in [0.2, 0.25) is 0 Å². The Balaban J connectivity index is 1.42. The summed E-state index contributed by atoms with van der Waals surface area (Å²) >= 11 is 0. The average molecular weight is 348 g/mol. The second-order valence-electron chi connectivity index (χ2n) is 7.86. The number of nitrogens with zero attached hydrogens (tertiary/aromatic N) is 4. The van der Waals surface area contributed by atoms with Crippen LogP contribution in [-0.4, -0.2) is 53.5 Å². The van der Waals surface area contributed by atoms with Gasteiger partial charge in [-0.05, 0) is 64.5 Å². The van der Waals surface area contributed by atoms with E-state index in [2.05, 4.69) is 21.7 Å². The summed E-state index contributed by atoms with van der Waals surface area (Å²) in [7, 11) is 0. The zero-order valence-corrected chi connectivity index (χ0v) is 16.0. The van der Waals surface area contributed by atoms with E-state index in [1.165, 1.54) is 25.7 Å². The van der Waals surface area contributed by atoms with E-state index in [-0.39, 0.29) is 0 Å². The number of nitrogens with two attached hydrogens (primary N) is 1. The normalized spacial score (nSPS) is 24.0. The number of piperidine rings is 2. The predicted octanol–water partition coefficient (Wildman–Crippen LogP) is 2.55.